The van der Waals surface area contributed by atoms with Crippen LogP contribution in [0.5, 0.6) is 0 Å². The monoisotopic (exact) mass is 114 g/mol. The van der Waals surface area contributed by atoms with Crippen molar-refractivity contribution in [3.63, 3.8) is 0 Å². The molecule has 4 nitrogen and oxygen atoms in total. The second-order valence-electron chi connectivity index (χ2n) is 1.06. The first-order chi connectivity index (χ1) is 3.91. The van der Waals surface area contributed by atoms with Crippen LogP contribution in [-0.4, -0.2) is 17.2 Å². The number of hydrazine groups is 1. The van der Waals surface area contributed by atoms with Crippen molar-refractivity contribution in [2.45, 2.75) is 0 Å². The van der Waals surface area contributed by atoms with E-state index in [9.17, 15) is 0 Å². The van der Waals surface area contributed by atoms with Crippen LogP contribution in [-0.2, 0) is 0 Å². The molecule has 0 aromatic carbocycles. The molecule has 0 amide bonds. The molecule has 0 aliphatic carbocycles. The van der Waals surface area contributed by atoms with E-state index in [0.29, 0.717) is 0 Å². The summed E-state index contributed by atoms with van der Waals surface area (Å²) in [6.45, 7) is 0. The quantitative estimate of drug-likeness (QED) is 0.314. The van der Waals surface area contributed by atoms with Crippen molar-refractivity contribution in [1.29, 1.82) is 0 Å². The average Bonchev–Trinajstić information content (AvgIpc) is 2.17. The third kappa shape index (κ3) is 5.13. The zero-order chi connectivity index (χ0) is 6.24. The standard InChI is InChI=1S/C3H4N2.CH6N2/c1-2-4-5-3-1;1-3-2/h1-3H,(H,4,5);3H,2H2,1H3. The van der Waals surface area contributed by atoms with E-state index >= 15 is 0 Å². The molecule has 0 saturated heterocycles. The number of nitrogens with zero attached hydrogens (tertiary/aromatic N) is 1. The first kappa shape index (κ1) is 7.13. The summed E-state index contributed by atoms with van der Waals surface area (Å²) in [4.78, 5) is 0. The zero-order valence-corrected chi connectivity index (χ0v) is 4.76. The van der Waals surface area contributed by atoms with Crippen molar-refractivity contribution in [1.82, 2.24) is 15.6 Å². The smallest absolute Gasteiger partial charge is 0.0487 e. The summed E-state index contributed by atoms with van der Waals surface area (Å²) >= 11 is 0. The van der Waals surface area contributed by atoms with Gasteiger partial charge in [-0.1, -0.05) is 0 Å². The van der Waals surface area contributed by atoms with Crippen LogP contribution in [0, 0.1) is 0 Å². The highest BCUT2D eigenvalue weighted by molar-refractivity contribution is 4.72. The Balaban J connectivity index is 0.000000145. The van der Waals surface area contributed by atoms with E-state index in [4.69, 9.17) is 0 Å². The zero-order valence-electron chi connectivity index (χ0n) is 4.76. The van der Waals surface area contributed by atoms with E-state index in [-0.39, 0.29) is 0 Å². The summed E-state index contributed by atoms with van der Waals surface area (Å²) in [5.74, 6) is 4.60. The van der Waals surface area contributed by atoms with E-state index in [1.165, 1.54) is 0 Å². The van der Waals surface area contributed by atoms with Crippen molar-refractivity contribution in [2.75, 3.05) is 7.05 Å². The SMILES string of the molecule is CNN.c1cn[nH]c1. The lowest BCUT2D eigenvalue weighted by atomic mass is 10.8. The van der Waals surface area contributed by atoms with E-state index in [1.807, 2.05) is 6.07 Å². The van der Waals surface area contributed by atoms with Gasteiger partial charge in [-0.3, -0.25) is 16.4 Å². The summed E-state index contributed by atoms with van der Waals surface area (Å²) in [5.41, 5.74) is 2.25. The van der Waals surface area contributed by atoms with E-state index in [0.717, 1.165) is 0 Å². The second kappa shape index (κ2) is 6.13. The molecular weight excluding hydrogens is 104 g/mol. The molecule has 4 heteroatoms. The molecule has 46 valence electrons. The Morgan fingerprint density at radius 3 is 2.50 bits per heavy atom. The maximum Gasteiger partial charge on any atom is 0.0487 e. The molecule has 1 aromatic heterocycles. The fraction of sp³-hybridized carbons (Fsp3) is 0.250. The van der Waals surface area contributed by atoms with Crippen LogP contribution < -0.4 is 11.3 Å². The molecular formula is C4H10N4. The summed E-state index contributed by atoms with van der Waals surface area (Å²) in [6, 6.07) is 1.83. The molecule has 0 spiro atoms. The third-order valence-corrected chi connectivity index (χ3v) is 0.406. The lowest BCUT2D eigenvalue weighted by Gasteiger charge is -1.62. The van der Waals surface area contributed by atoms with Gasteiger partial charge >= 0.3 is 0 Å². The first-order valence-electron chi connectivity index (χ1n) is 2.23. The molecule has 0 unspecified atom stereocenters. The second-order valence-corrected chi connectivity index (χ2v) is 1.06. The molecule has 1 heterocycles. The summed E-state index contributed by atoms with van der Waals surface area (Å²) in [6.07, 6.45) is 3.46. The highest BCUT2D eigenvalue weighted by Gasteiger charge is 1.56. The highest BCUT2D eigenvalue weighted by Crippen LogP contribution is 1.64. The predicted octanol–water partition coefficient (Wildman–Crippen LogP) is -0.511. The number of aromatic amines is 1. The number of aromatic nitrogens is 2. The average molecular weight is 114 g/mol. The van der Waals surface area contributed by atoms with Gasteiger partial charge in [0.05, 0.1) is 0 Å². The number of H-pyrrole nitrogens is 1. The van der Waals surface area contributed by atoms with E-state index < -0.39 is 0 Å². The summed E-state index contributed by atoms with van der Waals surface area (Å²) in [5, 5.41) is 6.21. The molecule has 4 N–H and O–H groups in total. The molecule has 0 fully saturated rings. The topological polar surface area (TPSA) is 66.7 Å². The summed E-state index contributed by atoms with van der Waals surface area (Å²) in [7, 11) is 1.65. The Morgan fingerprint density at radius 2 is 2.38 bits per heavy atom. The van der Waals surface area contributed by atoms with Crippen LogP contribution in [0.15, 0.2) is 18.5 Å². The number of nitrogens with two attached hydrogens (primary N) is 1. The van der Waals surface area contributed by atoms with Crippen molar-refractivity contribution in [3.05, 3.63) is 18.5 Å². The van der Waals surface area contributed by atoms with E-state index in [2.05, 4.69) is 21.5 Å². The molecule has 0 aliphatic rings. The van der Waals surface area contributed by atoms with Crippen LogP contribution in [0.4, 0.5) is 0 Å². The number of rotatable bonds is 0. The summed E-state index contributed by atoms with van der Waals surface area (Å²) < 4.78 is 0. The van der Waals surface area contributed by atoms with Crippen molar-refractivity contribution in [2.24, 2.45) is 5.84 Å². The Bertz CT molecular complexity index is 74.9. The Kier molecular flexibility index (Phi) is 5.46. The Labute approximate surface area is 48.1 Å². The van der Waals surface area contributed by atoms with Gasteiger partial charge in [-0.05, 0) is 13.1 Å². The largest absolute Gasteiger partial charge is 0.286 e. The van der Waals surface area contributed by atoms with Crippen LogP contribution in [0.2, 0.25) is 0 Å². The molecule has 0 atom stereocenters. The minimum Gasteiger partial charge on any atom is -0.286 e. The van der Waals surface area contributed by atoms with Gasteiger partial charge in [-0.2, -0.15) is 5.10 Å². The molecule has 8 heavy (non-hydrogen) atoms. The normalized spacial score (nSPS) is 7.25. The molecule has 1 rings (SSSR count). The lowest BCUT2D eigenvalue weighted by molar-refractivity contribution is 0.900. The number of hydrogen-bond donors (Lipinski definition) is 3. The van der Waals surface area contributed by atoms with E-state index in [1.54, 1.807) is 19.4 Å². The van der Waals surface area contributed by atoms with Crippen LogP contribution >= 0.6 is 0 Å². The van der Waals surface area contributed by atoms with Gasteiger partial charge in [-0.25, -0.2) is 0 Å². The Hall–Kier alpha value is -0.870. The van der Waals surface area contributed by atoms with Gasteiger partial charge in [0.25, 0.3) is 0 Å². The van der Waals surface area contributed by atoms with Gasteiger partial charge < -0.3 is 0 Å². The molecule has 0 radical (unpaired) electrons. The van der Waals surface area contributed by atoms with Crippen molar-refractivity contribution >= 4 is 0 Å². The van der Waals surface area contributed by atoms with Crippen LogP contribution in [0.1, 0.15) is 0 Å². The fourth-order valence-corrected chi connectivity index (χ4v) is 0.215. The lowest BCUT2D eigenvalue weighted by Crippen LogP contribution is -2.13. The fourth-order valence-electron chi connectivity index (χ4n) is 0.215. The van der Waals surface area contributed by atoms with Crippen LogP contribution in [0.3, 0.4) is 0 Å². The van der Waals surface area contributed by atoms with Gasteiger partial charge in [0.1, 0.15) is 0 Å². The first-order valence-corrected chi connectivity index (χ1v) is 2.23. The van der Waals surface area contributed by atoms with Gasteiger partial charge in [0, 0.05) is 12.4 Å². The maximum atomic E-state index is 4.60. The Morgan fingerprint density at radius 1 is 1.75 bits per heavy atom. The molecule has 1 aromatic rings. The highest BCUT2D eigenvalue weighted by atomic mass is 15.2. The van der Waals surface area contributed by atoms with Crippen LogP contribution in [0.25, 0.3) is 0 Å². The predicted molar refractivity (Wildman–Crippen MR) is 31.8 cm³/mol. The molecule has 0 bridgehead atoms. The van der Waals surface area contributed by atoms with Gasteiger partial charge in [0.2, 0.25) is 0 Å². The minimum absolute atomic E-state index is 1.65. The van der Waals surface area contributed by atoms with Crippen molar-refractivity contribution < 1.29 is 0 Å². The number of hydrogen-bond acceptors (Lipinski definition) is 3. The number of nitrogens with one attached hydrogen (secondary N) is 2. The third-order valence-electron chi connectivity index (χ3n) is 0.406. The minimum atomic E-state index is 1.65. The molecule has 0 saturated carbocycles. The molecule has 0 aliphatic heterocycles. The van der Waals surface area contributed by atoms with Gasteiger partial charge in [0.15, 0.2) is 0 Å². The maximum absolute atomic E-state index is 4.60. The van der Waals surface area contributed by atoms with Gasteiger partial charge in [-0.15, -0.1) is 0 Å². The van der Waals surface area contributed by atoms with Crippen molar-refractivity contribution in [3.8, 4) is 0 Å².